The van der Waals surface area contributed by atoms with Crippen molar-refractivity contribution in [1.29, 1.82) is 0 Å². The molecule has 0 atom stereocenters. The summed E-state index contributed by atoms with van der Waals surface area (Å²) in [4.78, 5) is 0. The minimum absolute atomic E-state index is 1.14. The molecule has 0 N–H and O–H groups in total. The van der Waals surface area contributed by atoms with E-state index in [-0.39, 0.29) is 0 Å². The number of hydrogen-bond donors (Lipinski definition) is 0. The highest BCUT2D eigenvalue weighted by Crippen LogP contribution is 2.14. The number of hydrogen-bond acceptors (Lipinski definition) is 0. The highest BCUT2D eigenvalue weighted by Gasteiger charge is 1.87. The molecule has 0 nitrogen and oxygen atoms in total. The highest BCUT2D eigenvalue weighted by atomic mass is 127. The largest absolute Gasteiger partial charge is 0.0990 e. The Hall–Kier alpha value is -0.0500. The lowest BCUT2D eigenvalue weighted by Gasteiger charge is -1.94. The van der Waals surface area contributed by atoms with Crippen LogP contribution in [0, 0.1) is 0 Å². The van der Waals surface area contributed by atoms with Gasteiger partial charge in [-0.3, -0.25) is 0 Å². The van der Waals surface area contributed by atoms with E-state index in [2.05, 4.69) is 55.2 Å². The van der Waals surface area contributed by atoms with Crippen LogP contribution >= 0.6 is 22.6 Å². The Morgan fingerprint density at radius 2 is 2.09 bits per heavy atom. The van der Waals surface area contributed by atoms with Crippen LogP contribution in [0.15, 0.2) is 34.0 Å². The van der Waals surface area contributed by atoms with Gasteiger partial charge in [-0.1, -0.05) is 30.4 Å². The van der Waals surface area contributed by atoms with Gasteiger partial charge in [-0.2, -0.15) is 0 Å². The van der Waals surface area contributed by atoms with Gasteiger partial charge in [0.05, 0.1) is 0 Å². The second-order valence-corrected chi connectivity index (χ2v) is 4.05. The van der Waals surface area contributed by atoms with Crippen molar-refractivity contribution in [3.63, 3.8) is 0 Å². The van der Waals surface area contributed by atoms with Gasteiger partial charge in [0.25, 0.3) is 0 Å². The van der Waals surface area contributed by atoms with Crippen LogP contribution in [0.1, 0.15) is 26.7 Å². The first-order valence-corrected chi connectivity index (χ1v) is 4.85. The van der Waals surface area contributed by atoms with Crippen molar-refractivity contribution in [3.05, 3.63) is 34.0 Å². The molecule has 0 heterocycles. The minimum Gasteiger partial charge on any atom is -0.0990 e. The summed E-state index contributed by atoms with van der Waals surface area (Å²) in [5, 5.41) is 0. The molecule has 0 aliphatic heterocycles. The van der Waals surface area contributed by atoms with Crippen LogP contribution in [-0.2, 0) is 0 Å². The molecule has 0 rings (SSSR count). The molecule has 0 aliphatic carbocycles. The van der Waals surface area contributed by atoms with E-state index in [0.717, 1.165) is 12.8 Å². The smallest absolute Gasteiger partial charge is 0.00912 e. The SMILES string of the molecule is C=C/C=C(\I)CCC=C(C)C. The average molecular weight is 262 g/mol. The lowest BCUT2D eigenvalue weighted by atomic mass is 10.2. The summed E-state index contributed by atoms with van der Waals surface area (Å²) in [6, 6.07) is 0. The standard InChI is InChI=1S/C10H15I/c1-4-6-10(11)8-5-7-9(2)3/h4,6-7H,1,5,8H2,2-3H3/b10-6-. The van der Waals surface area contributed by atoms with Crippen LogP contribution < -0.4 is 0 Å². The van der Waals surface area contributed by atoms with Crippen molar-refractivity contribution in [1.82, 2.24) is 0 Å². The van der Waals surface area contributed by atoms with E-state index in [1.165, 1.54) is 9.15 Å². The topological polar surface area (TPSA) is 0 Å². The normalized spacial score (nSPS) is 11.0. The summed E-state index contributed by atoms with van der Waals surface area (Å²) in [6.07, 6.45) is 8.43. The molecular weight excluding hydrogens is 247 g/mol. The van der Waals surface area contributed by atoms with Crippen LogP contribution in [0.5, 0.6) is 0 Å². The molecule has 0 unspecified atom stereocenters. The van der Waals surface area contributed by atoms with Gasteiger partial charge in [-0.15, -0.1) is 0 Å². The lowest BCUT2D eigenvalue weighted by Crippen LogP contribution is -1.72. The van der Waals surface area contributed by atoms with Crippen molar-refractivity contribution in [2.45, 2.75) is 26.7 Å². The van der Waals surface area contributed by atoms with Gasteiger partial charge in [-0.05, 0) is 52.9 Å². The summed E-state index contributed by atoms with van der Waals surface area (Å²) in [7, 11) is 0. The van der Waals surface area contributed by atoms with Crippen LogP contribution in [0.2, 0.25) is 0 Å². The van der Waals surface area contributed by atoms with E-state index in [0.29, 0.717) is 0 Å². The molecule has 0 aromatic heterocycles. The third kappa shape index (κ3) is 7.85. The summed E-state index contributed by atoms with van der Waals surface area (Å²) in [5.41, 5.74) is 1.40. The zero-order valence-corrected chi connectivity index (χ0v) is 9.39. The zero-order chi connectivity index (χ0) is 8.69. The Balaban J connectivity index is 3.63. The quantitative estimate of drug-likeness (QED) is 0.404. The molecule has 11 heavy (non-hydrogen) atoms. The number of halogens is 1. The summed E-state index contributed by atoms with van der Waals surface area (Å²) < 4.78 is 1.37. The first-order valence-electron chi connectivity index (χ1n) is 3.77. The average Bonchev–Trinajstić information content (AvgIpc) is 1.87. The molecular formula is C10H15I. The van der Waals surface area contributed by atoms with Gasteiger partial charge < -0.3 is 0 Å². The van der Waals surface area contributed by atoms with Crippen molar-refractivity contribution in [2.75, 3.05) is 0 Å². The Bertz CT molecular complexity index is 171. The minimum atomic E-state index is 1.14. The molecule has 0 aromatic carbocycles. The number of rotatable bonds is 4. The van der Waals surface area contributed by atoms with Gasteiger partial charge in [-0.25, -0.2) is 0 Å². The second-order valence-electron chi connectivity index (χ2n) is 2.67. The van der Waals surface area contributed by atoms with Crippen molar-refractivity contribution >= 4 is 22.6 Å². The van der Waals surface area contributed by atoms with Gasteiger partial charge in [0.2, 0.25) is 0 Å². The third-order valence-electron chi connectivity index (χ3n) is 1.23. The predicted octanol–water partition coefficient (Wildman–Crippen LogP) is 4.24. The lowest BCUT2D eigenvalue weighted by molar-refractivity contribution is 1.03. The molecule has 0 amide bonds. The third-order valence-corrected chi connectivity index (χ3v) is 2.13. The second kappa shape index (κ2) is 6.65. The molecule has 0 saturated heterocycles. The van der Waals surface area contributed by atoms with E-state index in [4.69, 9.17) is 0 Å². The summed E-state index contributed by atoms with van der Waals surface area (Å²) in [6.45, 7) is 7.91. The maximum absolute atomic E-state index is 3.65. The van der Waals surface area contributed by atoms with Gasteiger partial charge >= 0.3 is 0 Å². The Morgan fingerprint density at radius 3 is 2.55 bits per heavy atom. The summed E-state index contributed by atoms with van der Waals surface area (Å²) in [5.74, 6) is 0. The molecule has 0 aliphatic rings. The molecule has 0 saturated carbocycles. The predicted molar refractivity (Wildman–Crippen MR) is 61.0 cm³/mol. The number of allylic oxidation sites excluding steroid dienone is 5. The molecule has 62 valence electrons. The molecule has 0 aromatic rings. The fraction of sp³-hybridized carbons (Fsp3) is 0.400. The summed E-state index contributed by atoms with van der Waals surface area (Å²) >= 11 is 2.35. The van der Waals surface area contributed by atoms with E-state index in [1.54, 1.807) is 0 Å². The monoisotopic (exact) mass is 262 g/mol. The van der Waals surface area contributed by atoms with Crippen LogP contribution in [-0.4, -0.2) is 0 Å². The first-order chi connectivity index (χ1) is 5.16. The molecule has 0 fully saturated rings. The first kappa shape index (κ1) is 11.0. The van der Waals surface area contributed by atoms with Gasteiger partial charge in [0.1, 0.15) is 0 Å². The zero-order valence-electron chi connectivity index (χ0n) is 7.23. The van der Waals surface area contributed by atoms with E-state index in [1.807, 2.05) is 6.08 Å². The van der Waals surface area contributed by atoms with E-state index in [9.17, 15) is 0 Å². The van der Waals surface area contributed by atoms with Crippen molar-refractivity contribution in [2.24, 2.45) is 0 Å². The van der Waals surface area contributed by atoms with Crippen LogP contribution in [0.4, 0.5) is 0 Å². The Labute approximate surface area is 83.2 Å². The molecule has 0 bridgehead atoms. The van der Waals surface area contributed by atoms with Crippen LogP contribution in [0.25, 0.3) is 0 Å². The maximum Gasteiger partial charge on any atom is -0.00912 e. The Kier molecular flexibility index (Phi) is 6.62. The van der Waals surface area contributed by atoms with Crippen LogP contribution in [0.3, 0.4) is 0 Å². The fourth-order valence-corrected chi connectivity index (χ4v) is 1.28. The molecule has 0 spiro atoms. The van der Waals surface area contributed by atoms with E-state index < -0.39 is 0 Å². The fourth-order valence-electron chi connectivity index (χ4n) is 0.710. The maximum atomic E-state index is 3.65. The molecule has 0 radical (unpaired) electrons. The van der Waals surface area contributed by atoms with E-state index >= 15 is 0 Å². The van der Waals surface area contributed by atoms with Gasteiger partial charge in [0, 0.05) is 0 Å². The van der Waals surface area contributed by atoms with Crippen molar-refractivity contribution in [3.8, 4) is 0 Å². The highest BCUT2D eigenvalue weighted by molar-refractivity contribution is 14.1. The molecule has 1 heteroatoms. The van der Waals surface area contributed by atoms with Crippen molar-refractivity contribution < 1.29 is 0 Å². The Morgan fingerprint density at radius 1 is 1.45 bits per heavy atom. The van der Waals surface area contributed by atoms with Gasteiger partial charge in [0.15, 0.2) is 0 Å².